The van der Waals surface area contributed by atoms with Crippen molar-refractivity contribution in [2.75, 3.05) is 13.2 Å². The molecule has 1 saturated carbocycles. The monoisotopic (exact) mass is 255 g/mol. The zero-order valence-corrected chi connectivity index (χ0v) is 11.8. The molecule has 1 spiro atoms. The van der Waals surface area contributed by atoms with E-state index in [1.807, 2.05) is 0 Å². The Morgan fingerprint density at radius 1 is 1.28 bits per heavy atom. The fourth-order valence-corrected chi connectivity index (χ4v) is 3.58. The van der Waals surface area contributed by atoms with Crippen LogP contribution in [0.15, 0.2) is 0 Å². The van der Waals surface area contributed by atoms with E-state index < -0.39 is 0 Å². The van der Waals surface area contributed by atoms with Gasteiger partial charge in [-0.2, -0.15) is 0 Å². The largest absolute Gasteiger partial charge is 0.395 e. The van der Waals surface area contributed by atoms with Crippen molar-refractivity contribution in [2.45, 2.75) is 76.5 Å². The average molecular weight is 255 g/mol. The second-order valence-electron chi connectivity index (χ2n) is 6.02. The number of aliphatic hydroxyl groups excluding tert-OH is 1. The maximum Gasteiger partial charge on any atom is 0.122 e. The summed E-state index contributed by atoms with van der Waals surface area (Å²) in [5.41, 5.74) is -0.0852. The Bertz CT molecular complexity index is 247. The molecule has 18 heavy (non-hydrogen) atoms. The van der Waals surface area contributed by atoms with Crippen LogP contribution in [-0.2, 0) is 4.74 Å². The zero-order valence-electron chi connectivity index (χ0n) is 11.8. The Kier molecular flexibility index (Phi) is 5.46. The molecule has 1 heterocycles. The maximum atomic E-state index is 9.23. The van der Waals surface area contributed by atoms with Gasteiger partial charge in [0, 0.05) is 5.92 Å². The van der Waals surface area contributed by atoms with Gasteiger partial charge in [0.25, 0.3) is 0 Å². The molecule has 0 aromatic rings. The van der Waals surface area contributed by atoms with E-state index in [9.17, 15) is 5.11 Å². The molecule has 1 saturated heterocycles. The molecule has 3 nitrogen and oxygen atoms in total. The minimum absolute atomic E-state index is 0.0852. The summed E-state index contributed by atoms with van der Waals surface area (Å²) in [7, 11) is 0. The highest BCUT2D eigenvalue weighted by Crippen LogP contribution is 2.42. The first-order valence-electron chi connectivity index (χ1n) is 7.83. The predicted molar refractivity (Wildman–Crippen MR) is 73.4 cm³/mol. The van der Waals surface area contributed by atoms with Crippen LogP contribution in [0.2, 0.25) is 0 Å². The molecule has 1 aliphatic heterocycles. The van der Waals surface area contributed by atoms with Gasteiger partial charge in [-0.3, -0.25) is 5.32 Å². The number of nitrogens with one attached hydrogen (secondary N) is 1. The molecule has 0 amide bonds. The molecule has 2 rings (SSSR count). The Balaban J connectivity index is 1.74. The molecule has 3 unspecified atom stereocenters. The fourth-order valence-electron chi connectivity index (χ4n) is 3.58. The number of hydrogen-bond donors (Lipinski definition) is 2. The summed E-state index contributed by atoms with van der Waals surface area (Å²) in [5.74, 6) is 0.663. The summed E-state index contributed by atoms with van der Waals surface area (Å²) in [6.45, 7) is 3.14. The molecule has 0 radical (unpaired) electrons. The summed E-state index contributed by atoms with van der Waals surface area (Å²) in [5, 5.41) is 12.8. The Morgan fingerprint density at radius 3 is 2.83 bits per heavy atom. The number of hydrogen-bond acceptors (Lipinski definition) is 3. The van der Waals surface area contributed by atoms with E-state index in [4.69, 9.17) is 4.74 Å². The summed E-state index contributed by atoms with van der Waals surface area (Å²) < 4.78 is 6.02. The van der Waals surface area contributed by atoms with Crippen LogP contribution in [0.1, 0.15) is 64.7 Å². The molecule has 0 bridgehead atoms. The molecule has 2 aliphatic rings. The molecule has 0 aromatic heterocycles. The van der Waals surface area contributed by atoms with Crippen LogP contribution in [-0.4, -0.2) is 30.1 Å². The van der Waals surface area contributed by atoms with Gasteiger partial charge in [0.05, 0.1) is 19.3 Å². The lowest BCUT2D eigenvalue weighted by Crippen LogP contribution is -2.48. The quantitative estimate of drug-likeness (QED) is 0.687. The minimum Gasteiger partial charge on any atom is -0.395 e. The van der Waals surface area contributed by atoms with Crippen LogP contribution in [0.3, 0.4) is 0 Å². The molecule has 3 atom stereocenters. The van der Waals surface area contributed by atoms with Gasteiger partial charge in [0.2, 0.25) is 0 Å². The van der Waals surface area contributed by atoms with Crippen molar-refractivity contribution in [2.24, 2.45) is 5.92 Å². The first kappa shape index (κ1) is 14.3. The number of unbranched alkanes of at least 4 members (excludes halogenated alkanes) is 4. The normalized spacial score (nSPS) is 35.7. The van der Waals surface area contributed by atoms with E-state index in [1.54, 1.807) is 0 Å². The minimum atomic E-state index is -0.0852. The molecule has 1 aliphatic carbocycles. The third-order valence-electron chi connectivity index (χ3n) is 4.63. The van der Waals surface area contributed by atoms with E-state index >= 15 is 0 Å². The highest BCUT2D eigenvalue weighted by atomic mass is 16.5. The van der Waals surface area contributed by atoms with Crippen LogP contribution < -0.4 is 5.32 Å². The van der Waals surface area contributed by atoms with Crippen molar-refractivity contribution in [3.8, 4) is 0 Å². The topological polar surface area (TPSA) is 41.5 Å². The average Bonchev–Trinajstić information content (AvgIpc) is 2.98. The zero-order chi connectivity index (χ0) is 12.8. The second kappa shape index (κ2) is 6.88. The van der Waals surface area contributed by atoms with Crippen LogP contribution in [0.25, 0.3) is 0 Å². The smallest absolute Gasteiger partial charge is 0.122 e. The first-order chi connectivity index (χ1) is 8.80. The molecular weight excluding hydrogens is 226 g/mol. The van der Waals surface area contributed by atoms with Crippen molar-refractivity contribution in [3.63, 3.8) is 0 Å². The second-order valence-corrected chi connectivity index (χ2v) is 6.02. The van der Waals surface area contributed by atoms with E-state index in [0.717, 1.165) is 6.42 Å². The SMILES string of the molecule is CCCCCCCC1CCCC12NC(CO)CO2. The fraction of sp³-hybridized carbons (Fsp3) is 1.00. The van der Waals surface area contributed by atoms with Crippen LogP contribution in [0, 0.1) is 5.92 Å². The molecule has 106 valence electrons. The standard InChI is InChI=1S/C15H29NO2/c1-2-3-4-5-6-8-13-9-7-10-15(13)16-14(11-17)12-18-15/h13-14,16-17H,2-12H2,1H3. The van der Waals surface area contributed by atoms with E-state index in [1.165, 1.54) is 51.4 Å². The lowest BCUT2D eigenvalue weighted by molar-refractivity contribution is -0.0437. The lowest BCUT2D eigenvalue weighted by atomic mass is 9.92. The number of ether oxygens (including phenoxy) is 1. The van der Waals surface area contributed by atoms with Gasteiger partial charge < -0.3 is 9.84 Å². The summed E-state index contributed by atoms with van der Waals surface area (Å²) >= 11 is 0. The molecule has 2 N–H and O–H groups in total. The van der Waals surface area contributed by atoms with Gasteiger partial charge in [-0.15, -0.1) is 0 Å². The lowest BCUT2D eigenvalue weighted by Gasteiger charge is -2.31. The van der Waals surface area contributed by atoms with Crippen molar-refractivity contribution < 1.29 is 9.84 Å². The highest BCUT2D eigenvalue weighted by Gasteiger charge is 2.48. The van der Waals surface area contributed by atoms with E-state index in [-0.39, 0.29) is 18.4 Å². The van der Waals surface area contributed by atoms with Gasteiger partial charge in [-0.1, -0.05) is 39.0 Å². The third-order valence-corrected chi connectivity index (χ3v) is 4.63. The molecule has 2 fully saturated rings. The maximum absolute atomic E-state index is 9.23. The van der Waals surface area contributed by atoms with Crippen LogP contribution in [0.5, 0.6) is 0 Å². The number of aliphatic hydroxyl groups is 1. The van der Waals surface area contributed by atoms with Gasteiger partial charge >= 0.3 is 0 Å². The van der Waals surface area contributed by atoms with Crippen molar-refractivity contribution in [3.05, 3.63) is 0 Å². The molecular formula is C15H29NO2. The van der Waals surface area contributed by atoms with Gasteiger partial charge in [0.15, 0.2) is 0 Å². The summed E-state index contributed by atoms with van der Waals surface area (Å²) in [4.78, 5) is 0. The first-order valence-corrected chi connectivity index (χ1v) is 7.83. The number of rotatable bonds is 7. The summed E-state index contributed by atoms with van der Waals surface area (Å²) in [6.07, 6.45) is 11.7. The Morgan fingerprint density at radius 2 is 2.11 bits per heavy atom. The van der Waals surface area contributed by atoms with Crippen molar-refractivity contribution in [1.29, 1.82) is 0 Å². The van der Waals surface area contributed by atoms with Crippen LogP contribution >= 0.6 is 0 Å². The van der Waals surface area contributed by atoms with Gasteiger partial charge in [-0.05, 0) is 25.7 Å². The van der Waals surface area contributed by atoms with Crippen molar-refractivity contribution in [1.82, 2.24) is 5.32 Å². The van der Waals surface area contributed by atoms with Crippen LogP contribution in [0.4, 0.5) is 0 Å². The summed E-state index contributed by atoms with van der Waals surface area (Å²) in [6, 6.07) is 0.158. The Hall–Kier alpha value is -0.120. The van der Waals surface area contributed by atoms with E-state index in [2.05, 4.69) is 12.2 Å². The predicted octanol–water partition coefficient (Wildman–Crippen LogP) is 2.82. The van der Waals surface area contributed by atoms with Gasteiger partial charge in [-0.25, -0.2) is 0 Å². The van der Waals surface area contributed by atoms with Gasteiger partial charge in [0.1, 0.15) is 5.72 Å². The molecule has 3 heteroatoms. The molecule has 0 aromatic carbocycles. The third kappa shape index (κ3) is 3.25. The Labute approximate surface area is 111 Å². The highest BCUT2D eigenvalue weighted by molar-refractivity contribution is 4.97. The van der Waals surface area contributed by atoms with E-state index in [0.29, 0.717) is 12.5 Å². The van der Waals surface area contributed by atoms with Crippen molar-refractivity contribution >= 4 is 0 Å².